The minimum Gasteiger partial charge on any atom is -0.480 e. The largest absolute Gasteiger partial charge is 0.480 e. The fourth-order valence-corrected chi connectivity index (χ4v) is 1.38. The number of nitro groups is 1. The molecule has 8 heteroatoms. The first-order valence-corrected chi connectivity index (χ1v) is 4.74. The molecule has 7 nitrogen and oxygen atoms in total. The van der Waals surface area contributed by atoms with Crippen LogP contribution in [0.5, 0.6) is 0 Å². The first kappa shape index (κ1) is 12.9. The molecule has 0 saturated carbocycles. The zero-order valence-corrected chi connectivity index (χ0v) is 9.10. The molecular formula is C9H7ClN2O5. The van der Waals surface area contributed by atoms with Gasteiger partial charge in [-0.1, -0.05) is 17.7 Å². The Morgan fingerprint density at radius 3 is 2.65 bits per heavy atom. The highest BCUT2D eigenvalue weighted by molar-refractivity contribution is 6.33. The number of carboxylic acid groups (broad SMARTS) is 1. The number of halogens is 1. The highest BCUT2D eigenvalue weighted by Crippen LogP contribution is 2.27. The van der Waals surface area contributed by atoms with Gasteiger partial charge < -0.3 is 10.4 Å². The van der Waals surface area contributed by atoms with Gasteiger partial charge in [0.1, 0.15) is 17.1 Å². The average molecular weight is 259 g/mol. The van der Waals surface area contributed by atoms with Crippen molar-refractivity contribution in [2.24, 2.45) is 0 Å². The van der Waals surface area contributed by atoms with E-state index < -0.39 is 29.0 Å². The van der Waals surface area contributed by atoms with Gasteiger partial charge in [-0.2, -0.15) is 0 Å². The first-order valence-electron chi connectivity index (χ1n) is 4.36. The van der Waals surface area contributed by atoms with Crippen LogP contribution < -0.4 is 5.32 Å². The number of nitrogens with one attached hydrogen (secondary N) is 1. The Balaban J connectivity index is 3.05. The lowest BCUT2D eigenvalue weighted by molar-refractivity contribution is -0.385. The van der Waals surface area contributed by atoms with Gasteiger partial charge in [-0.15, -0.1) is 0 Å². The van der Waals surface area contributed by atoms with E-state index in [1.807, 2.05) is 5.32 Å². The molecular weight excluding hydrogens is 252 g/mol. The minimum absolute atomic E-state index is 0.182. The van der Waals surface area contributed by atoms with Gasteiger partial charge in [0, 0.05) is 0 Å². The fraction of sp³-hybridized carbons (Fsp3) is 0.111. The molecule has 2 N–H and O–H groups in total. The quantitative estimate of drug-likeness (QED) is 0.620. The monoisotopic (exact) mass is 258 g/mol. The molecule has 0 saturated heterocycles. The Morgan fingerprint density at radius 1 is 1.47 bits per heavy atom. The van der Waals surface area contributed by atoms with Crippen LogP contribution in [0.3, 0.4) is 0 Å². The van der Waals surface area contributed by atoms with Crippen molar-refractivity contribution in [1.29, 1.82) is 0 Å². The Morgan fingerprint density at radius 2 is 2.12 bits per heavy atom. The van der Waals surface area contributed by atoms with E-state index in [2.05, 4.69) is 0 Å². The lowest BCUT2D eigenvalue weighted by Gasteiger charge is -2.04. The highest BCUT2D eigenvalue weighted by atomic mass is 35.5. The van der Waals surface area contributed by atoms with E-state index in [0.717, 1.165) is 0 Å². The van der Waals surface area contributed by atoms with Crippen LogP contribution >= 0.6 is 11.6 Å². The van der Waals surface area contributed by atoms with Gasteiger partial charge >= 0.3 is 11.7 Å². The van der Waals surface area contributed by atoms with Crippen molar-refractivity contribution in [3.8, 4) is 0 Å². The van der Waals surface area contributed by atoms with Crippen LogP contribution in [-0.2, 0) is 4.79 Å². The van der Waals surface area contributed by atoms with Crippen molar-refractivity contribution in [3.05, 3.63) is 38.9 Å². The third-order valence-electron chi connectivity index (χ3n) is 1.81. The maximum absolute atomic E-state index is 11.5. The van der Waals surface area contributed by atoms with Gasteiger partial charge in [-0.25, -0.2) is 0 Å². The molecule has 0 aromatic heterocycles. The summed E-state index contributed by atoms with van der Waals surface area (Å²) < 4.78 is 0. The third kappa shape index (κ3) is 3.15. The molecule has 0 atom stereocenters. The van der Waals surface area contributed by atoms with Crippen molar-refractivity contribution >= 4 is 29.2 Å². The number of carbonyl (C=O) groups excluding carboxylic acids is 1. The minimum atomic E-state index is -1.25. The van der Waals surface area contributed by atoms with Crippen molar-refractivity contribution < 1.29 is 19.6 Å². The zero-order valence-electron chi connectivity index (χ0n) is 8.34. The number of nitrogens with zero attached hydrogens (tertiary/aromatic N) is 1. The third-order valence-corrected chi connectivity index (χ3v) is 2.12. The Hall–Kier alpha value is -2.15. The molecule has 0 unspecified atom stereocenters. The summed E-state index contributed by atoms with van der Waals surface area (Å²) >= 11 is 5.59. The van der Waals surface area contributed by atoms with E-state index >= 15 is 0 Å². The number of aliphatic carboxylic acids is 1. The number of para-hydroxylation sites is 1. The predicted molar refractivity (Wildman–Crippen MR) is 58.1 cm³/mol. The maximum Gasteiger partial charge on any atom is 0.322 e. The zero-order chi connectivity index (χ0) is 13.0. The van der Waals surface area contributed by atoms with Crippen molar-refractivity contribution in [3.63, 3.8) is 0 Å². The van der Waals surface area contributed by atoms with E-state index in [-0.39, 0.29) is 10.6 Å². The normalized spacial score (nSPS) is 9.71. The van der Waals surface area contributed by atoms with Gasteiger partial charge in [-0.05, 0) is 12.1 Å². The van der Waals surface area contributed by atoms with E-state index in [1.165, 1.54) is 18.2 Å². The molecule has 0 radical (unpaired) electrons. The van der Waals surface area contributed by atoms with Gasteiger partial charge in [-0.3, -0.25) is 19.7 Å². The molecule has 0 fully saturated rings. The van der Waals surface area contributed by atoms with Gasteiger partial charge in [0.2, 0.25) is 0 Å². The predicted octanol–water partition coefficient (Wildman–Crippen LogP) is 1.06. The highest BCUT2D eigenvalue weighted by Gasteiger charge is 2.23. The van der Waals surface area contributed by atoms with Crippen molar-refractivity contribution in [2.45, 2.75) is 0 Å². The molecule has 90 valence electrons. The molecule has 1 rings (SSSR count). The van der Waals surface area contributed by atoms with E-state index in [0.29, 0.717) is 0 Å². The van der Waals surface area contributed by atoms with Crippen LogP contribution in [-0.4, -0.2) is 28.5 Å². The van der Waals surface area contributed by atoms with Crippen LogP contribution in [0.25, 0.3) is 0 Å². The van der Waals surface area contributed by atoms with Crippen LogP contribution in [0.15, 0.2) is 18.2 Å². The molecule has 1 amide bonds. The summed E-state index contributed by atoms with van der Waals surface area (Å²) in [7, 11) is 0. The van der Waals surface area contributed by atoms with E-state index in [9.17, 15) is 19.7 Å². The first-order chi connectivity index (χ1) is 7.93. The summed E-state index contributed by atoms with van der Waals surface area (Å²) in [5.74, 6) is -2.11. The van der Waals surface area contributed by atoms with Crippen LogP contribution in [0, 0.1) is 10.1 Å². The second-order valence-electron chi connectivity index (χ2n) is 2.97. The van der Waals surface area contributed by atoms with Crippen molar-refractivity contribution in [2.75, 3.05) is 6.54 Å². The lowest BCUT2D eigenvalue weighted by Crippen LogP contribution is -2.29. The second kappa shape index (κ2) is 5.26. The van der Waals surface area contributed by atoms with Crippen molar-refractivity contribution in [1.82, 2.24) is 5.32 Å². The number of carbonyl (C=O) groups is 2. The summed E-state index contributed by atoms with van der Waals surface area (Å²) in [6.45, 7) is -0.623. The lowest BCUT2D eigenvalue weighted by atomic mass is 10.1. The fourth-order valence-electron chi connectivity index (χ4n) is 1.14. The smallest absolute Gasteiger partial charge is 0.322 e. The summed E-state index contributed by atoms with van der Waals surface area (Å²) in [5.41, 5.74) is -0.819. The molecule has 0 aliphatic rings. The number of benzene rings is 1. The van der Waals surface area contributed by atoms with Gasteiger partial charge in [0.15, 0.2) is 0 Å². The van der Waals surface area contributed by atoms with Crippen LogP contribution in [0.1, 0.15) is 10.4 Å². The van der Waals surface area contributed by atoms with E-state index in [4.69, 9.17) is 16.7 Å². The molecule has 0 bridgehead atoms. The average Bonchev–Trinajstić information content (AvgIpc) is 2.24. The number of hydrogen-bond donors (Lipinski definition) is 2. The SMILES string of the molecule is O=C(O)CNC(=O)c1cccc(Cl)c1[N+](=O)[O-]. The maximum atomic E-state index is 11.5. The number of hydrogen-bond acceptors (Lipinski definition) is 4. The Labute approximate surface area is 100 Å². The Kier molecular flexibility index (Phi) is 4.00. The molecule has 0 aliphatic heterocycles. The molecule has 0 aliphatic carbocycles. The summed E-state index contributed by atoms with van der Waals surface area (Å²) in [6.07, 6.45) is 0. The summed E-state index contributed by atoms with van der Waals surface area (Å²) in [4.78, 5) is 31.7. The topological polar surface area (TPSA) is 110 Å². The Bertz CT molecular complexity index is 488. The number of carboxylic acids is 1. The van der Waals surface area contributed by atoms with Gasteiger partial charge in [0.05, 0.1) is 4.92 Å². The number of amides is 1. The molecule has 17 heavy (non-hydrogen) atoms. The molecule has 0 heterocycles. The number of rotatable bonds is 4. The summed E-state index contributed by atoms with van der Waals surface area (Å²) in [6, 6.07) is 3.83. The molecule has 0 spiro atoms. The van der Waals surface area contributed by atoms with Gasteiger partial charge in [0.25, 0.3) is 5.91 Å². The molecule has 1 aromatic rings. The van der Waals surface area contributed by atoms with E-state index in [1.54, 1.807) is 0 Å². The standard InChI is InChI=1S/C9H7ClN2O5/c10-6-3-1-2-5(8(6)12(16)17)9(15)11-4-7(13)14/h1-3H,4H2,(H,11,15)(H,13,14). The van der Waals surface area contributed by atoms with Crippen LogP contribution in [0.4, 0.5) is 5.69 Å². The summed E-state index contributed by atoms with van der Waals surface area (Å²) in [5, 5.41) is 20.9. The van der Waals surface area contributed by atoms with Crippen LogP contribution in [0.2, 0.25) is 5.02 Å². The second-order valence-corrected chi connectivity index (χ2v) is 3.38. The number of nitro benzene ring substituents is 1. The molecule has 1 aromatic carbocycles.